The van der Waals surface area contributed by atoms with Gasteiger partial charge in [-0.25, -0.2) is 9.78 Å². The van der Waals surface area contributed by atoms with Gasteiger partial charge in [0, 0.05) is 31.8 Å². The number of nitrogens with zero attached hydrogens (tertiary/aromatic N) is 4. The van der Waals surface area contributed by atoms with E-state index >= 15 is 0 Å². The van der Waals surface area contributed by atoms with E-state index in [0.29, 0.717) is 45.7 Å². The highest BCUT2D eigenvalue weighted by atomic mass is 28.3. The van der Waals surface area contributed by atoms with Crippen LogP contribution in [0.1, 0.15) is 49.4 Å². The number of ether oxygens (including phenoxy) is 3. The van der Waals surface area contributed by atoms with Gasteiger partial charge in [0.2, 0.25) is 0 Å². The molecule has 0 radical (unpaired) electrons. The van der Waals surface area contributed by atoms with Gasteiger partial charge in [-0.2, -0.15) is 5.26 Å². The summed E-state index contributed by atoms with van der Waals surface area (Å²) in [5.74, 6) is 0.821. The van der Waals surface area contributed by atoms with Crippen LogP contribution in [0.2, 0.25) is 25.7 Å². The number of nitriles is 1. The molecule has 0 aliphatic heterocycles. The van der Waals surface area contributed by atoms with Crippen molar-refractivity contribution in [2.75, 3.05) is 13.7 Å². The Labute approximate surface area is 235 Å². The molecular weight excluding hydrogens is 524 g/mol. The largest absolute Gasteiger partial charge is 0.496 e. The predicted octanol–water partition coefficient (Wildman–Crippen LogP) is 6.36. The molecular formula is C30H38N4O5Si. The maximum absolute atomic E-state index is 13.0. The Balaban J connectivity index is 1.85. The molecule has 212 valence electrons. The maximum atomic E-state index is 13.0. The molecule has 0 aliphatic rings. The first kappa shape index (κ1) is 29.3. The predicted molar refractivity (Wildman–Crippen MR) is 157 cm³/mol. The highest BCUT2D eigenvalue weighted by molar-refractivity contribution is 6.76. The zero-order valence-electron chi connectivity index (χ0n) is 24.5. The topological polar surface area (TPSA) is 112 Å². The van der Waals surface area contributed by atoms with Crippen LogP contribution < -0.4 is 4.74 Å². The standard InChI is InChI=1S/C30H38N4O5Si/c1-19-15-24(37-5)25(21-11-12-33(26(19)21)29(36)39-30(2,3)4)27(35)28-32-22-16-20(17-31)9-10-23(22)34(28)18-38-13-14-40(6,7)8/h9-12,15-16,27,35H,13-14,18H2,1-8H3. The molecule has 0 aliphatic carbocycles. The van der Waals surface area contributed by atoms with Gasteiger partial charge >= 0.3 is 6.09 Å². The average molecular weight is 563 g/mol. The minimum absolute atomic E-state index is 0.190. The fourth-order valence-corrected chi connectivity index (χ4v) is 5.42. The molecule has 1 atom stereocenters. The number of fused-ring (bicyclic) bond motifs is 2. The van der Waals surface area contributed by atoms with E-state index in [9.17, 15) is 15.2 Å². The summed E-state index contributed by atoms with van der Waals surface area (Å²) >= 11 is 0. The lowest BCUT2D eigenvalue weighted by atomic mass is 9.99. The van der Waals surface area contributed by atoms with Crippen molar-refractivity contribution in [2.45, 2.75) is 71.8 Å². The van der Waals surface area contributed by atoms with E-state index in [0.717, 1.165) is 17.1 Å². The highest BCUT2D eigenvalue weighted by Gasteiger charge is 2.29. The first-order valence-corrected chi connectivity index (χ1v) is 17.0. The van der Waals surface area contributed by atoms with Crippen LogP contribution >= 0.6 is 0 Å². The van der Waals surface area contributed by atoms with Crippen molar-refractivity contribution in [1.82, 2.24) is 14.1 Å². The van der Waals surface area contributed by atoms with Crippen LogP contribution in [0.15, 0.2) is 36.5 Å². The Hall–Kier alpha value is -3.65. The Morgan fingerprint density at radius 2 is 1.93 bits per heavy atom. The first-order valence-electron chi connectivity index (χ1n) is 13.3. The van der Waals surface area contributed by atoms with Crippen LogP contribution in [0, 0.1) is 18.3 Å². The van der Waals surface area contributed by atoms with Crippen LogP contribution in [0.5, 0.6) is 5.75 Å². The van der Waals surface area contributed by atoms with Gasteiger partial charge in [0.15, 0.2) is 0 Å². The lowest BCUT2D eigenvalue weighted by molar-refractivity contribution is 0.0544. The molecule has 1 N–H and O–H groups in total. The van der Waals surface area contributed by atoms with Crippen LogP contribution in [0.25, 0.3) is 21.9 Å². The number of imidazole rings is 1. The fraction of sp³-hybridized carbons (Fsp3) is 0.433. The second-order valence-electron chi connectivity index (χ2n) is 12.2. The van der Waals surface area contributed by atoms with Gasteiger partial charge in [0.1, 0.15) is 30.0 Å². The molecule has 9 nitrogen and oxygen atoms in total. The first-order chi connectivity index (χ1) is 18.7. The third-order valence-corrected chi connectivity index (χ3v) is 8.32. The van der Waals surface area contributed by atoms with Crippen molar-refractivity contribution in [1.29, 1.82) is 5.26 Å². The van der Waals surface area contributed by atoms with Gasteiger partial charge in [-0.15, -0.1) is 0 Å². The molecule has 0 amide bonds. The lowest BCUT2D eigenvalue weighted by Crippen LogP contribution is -2.26. The third-order valence-electron chi connectivity index (χ3n) is 6.61. The van der Waals surface area contributed by atoms with E-state index in [1.807, 2.05) is 38.3 Å². The number of hydrogen-bond donors (Lipinski definition) is 1. The van der Waals surface area contributed by atoms with Gasteiger partial charge in [-0.3, -0.25) is 4.57 Å². The van der Waals surface area contributed by atoms with Gasteiger partial charge in [-0.1, -0.05) is 19.6 Å². The number of aryl methyl sites for hydroxylation is 1. The molecule has 0 saturated heterocycles. The maximum Gasteiger partial charge on any atom is 0.419 e. The molecule has 2 heterocycles. The molecule has 2 aromatic heterocycles. The van der Waals surface area contributed by atoms with E-state index in [4.69, 9.17) is 19.2 Å². The fourth-order valence-electron chi connectivity index (χ4n) is 4.67. The molecule has 10 heteroatoms. The van der Waals surface area contributed by atoms with Gasteiger partial charge in [0.25, 0.3) is 0 Å². The minimum atomic E-state index is -1.30. The van der Waals surface area contributed by atoms with Crippen molar-refractivity contribution in [3.63, 3.8) is 0 Å². The number of benzene rings is 2. The van der Waals surface area contributed by atoms with Crippen LogP contribution in [0.4, 0.5) is 4.79 Å². The summed E-state index contributed by atoms with van der Waals surface area (Å²) in [6.07, 6.45) is -0.0855. The number of hydrogen-bond acceptors (Lipinski definition) is 7. The molecule has 40 heavy (non-hydrogen) atoms. The average Bonchev–Trinajstić information content (AvgIpc) is 3.46. The summed E-state index contributed by atoms with van der Waals surface area (Å²) in [5.41, 5.74) is 3.02. The zero-order valence-corrected chi connectivity index (χ0v) is 25.5. The van der Waals surface area contributed by atoms with Crippen molar-refractivity contribution >= 4 is 36.1 Å². The van der Waals surface area contributed by atoms with Crippen molar-refractivity contribution < 1.29 is 24.1 Å². The van der Waals surface area contributed by atoms with Crippen LogP contribution in [-0.4, -0.2) is 52.7 Å². The number of methoxy groups -OCH3 is 1. The summed E-state index contributed by atoms with van der Waals surface area (Å²) in [7, 11) is 0.249. The molecule has 0 bridgehead atoms. The van der Waals surface area contributed by atoms with E-state index in [2.05, 4.69) is 25.7 Å². The van der Waals surface area contributed by atoms with Gasteiger partial charge in [-0.05, 0) is 69.6 Å². The second-order valence-corrected chi connectivity index (χ2v) is 17.8. The summed E-state index contributed by atoms with van der Waals surface area (Å²) < 4.78 is 20.7. The highest BCUT2D eigenvalue weighted by Crippen LogP contribution is 2.39. The number of rotatable bonds is 8. The smallest absolute Gasteiger partial charge is 0.419 e. The van der Waals surface area contributed by atoms with Crippen molar-refractivity contribution in [2.24, 2.45) is 0 Å². The van der Waals surface area contributed by atoms with Crippen molar-refractivity contribution in [3.8, 4) is 11.8 Å². The van der Waals surface area contributed by atoms with E-state index in [-0.39, 0.29) is 6.73 Å². The normalized spacial score (nSPS) is 13.0. The van der Waals surface area contributed by atoms with Crippen LogP contribution in [0.3, 0.4) is 0 Å². The quantitative estimate of drug-likeness (QED) is 0.196. The molecule has 0 fully saturated rings. The number of aliphatic hydroxyl groups excluding tert-OH is 1. The van der Waals surface area contributed by atoms with Crippen LogP contribution in [-0.2, 0) is 16.2 Å². The molecule has 0 spiro atoms. The number of carbonyl (C=O) groups is 1. The van der Waals surface area contributed by atoms with E-state index < -0.39 is 25.9 Å². The van der Waals surface area contributed by atoms with Gasteiger partial charge in [0.05, 0.1) is 35.3 Å². The van der Waals surface area contributed by atoms with E-state index in [1.165, 1.54) is 4.57 Å². The molecule has 0 saturated carbocycles. The Morgan fingerprint density at radius 1 is 1.20 bits per heavy atom. The monoisotopic (exact) mass is 562 g/mol. The number of carbonyl (C=O) groups excluding carboxylic acids is 1. The molecule has 2 aromatic carbocycles. The number of aromatic nitrogens is 3. The van der Waals surface area contributed by atoms with Gasteiger partial charge < -0.3 is 23.9 Å². The summed E-state index contributed by atoms with van der Waals surface area (Å²) in [6, 6.07) is 12.0. The van der Waals surface area contributed by atoms with E-state index in [1.54, 1.807) is 37.6 Å². The summed E-state index contributed by atoms with van der Waals surface area (Å²) in [5, 5.41) is 22.0. The minimum Gasteiger partial charge on any atom is -0.496 e. The Kier molecular flexibility index (Phi) is 8.13. The lowest BCUT2D eigenvalue weighted by Gasteiger charge is -2.21. The summed E-state index contributed by atoms with van der Waals surface area (Å²) in [4.78, 5) is 17.8. The Morgan fingerprint density at radius 3 is 2.55 bits per heavy atom. The SMILES string of the molecule is COc1cc(C)c2c(ccn2C(=O)OC(C)(C)C)c1C(O)c1nc2cc(C#N)ccc2n1COCC[Si](C)(C)C. The summed E-state index contributed by atoms with van der Waals surface area (Å²) in [6.45, 7) is 15.0. The molecule has 4 rings (SSSR count). The van der Waals surface area contributed by atoms with Crippen molar-refractivity contribution in [3.05, 3.63) is 59.0 Å². The molecule has 1 unspecified atom stereocenters. The molecule has 4 aromatic rings. The zero-order chi connectivity index (χ0) is 29.4. The second kappa shape index (κ2) is 11.1. The third kappa shape index (κ3) is 6.07. The Bertz CT molecular complexity index is 1600. The number of aliphatic hydroxyl groups is 1.